The molecule has 2 aromatic rings. The van der Waals surface area contributed by atoms with Gasteiger partial charge in [-0.2, -0.15) is 0 Å². The van der Waals surface area contributed by atoms with Crippen LogP contribution in [0.3, 0.4) is 0 Å². The lowest BCUT2D eigenvalue weighted by Gasteiger charge is -2.51. The zero-order chi connectivity index (χ0) is 57.4. The van der Waals surface area contributed by atoms with Crippen LogP contribution in [0.2, 0.25) is 0 Å². The fourth-order valence-corrected chi connectivity index (χ4v) is 9.21. The largest absolute Gasteiger partial charge is 0.506 e. The van der Waals surface area contributed by atoms with Crippen molar-refractivity contribution in [3.05, 3.63) is 59.2 Å². The molecule has 29 nitrogen and oxygen atoms in total. The van der Waals surface area contributed by atoms with Crippen molar-refractivity contribution in [2.75, 3.05) is 44.8 Å². The van der Waals surface area contributed by atoms with Crippen LogP contribution in [-0.2, 0) is 51.1 Å². The summed E-state index contributed by atoms with van der Waals surface area (Å²) < 4.78 is 5.77. The lowest BCUT2D eigenvalue weighted by atomic mass is 9.77. The van der Waals surface area contributed by atoms with Crippen LogP contribution in [-0.4, -0.2) is 217 Å². The number of aryl methyl sites for hydroxylation is 1. The molecule has 2 aromatic carbocycles. The van der Waals surface area contributed by atoms with Gasteiger partial charge in [-0.1, -0.05) is 62.1 Å². The number of carbonyl (C=O) groups is 7. The Morgan fingerprint density at radius 3 is 2.04 bits per heavy atom. The number of amides is 6. The van der Waals surface area contributed by atoms with Gasteiger partial charge in [-0.15, -0.1) is 0 Å². The van der Waals surface area contributed by atoms with E-state index in [1.807, 2.05) is 13.8 Å². The standard InChI is InChI=1S/C49H73N13O16/c1-3-4-5-6-7-36(68)56-28-15-26(12-13-32(28)67)16-30(58-42(73)29(57-37(69)17-50)14-25-10-8-24(2)9-11-25)43(74)59-31(22-65)44(75)61-41(45(76)55-27(20-63)21-64)49(77,34-18-53-47(51)60-34)35-19-54-48(52)62(35)46-40(72)39(71)38(70)33(23-66)78-46/h8-13,15,20,27,29-31,33-35,38-41,46,64-67,70-72,77H,3-7,14,16-19,21-23,50H2,1-2H3,(H2,52,54)(H,55,76)(H,56,68)(H,57,69)(H,58,73)(H,59,74)(H,61,75)(H3,51,53,60)/t27-,29+,30+,31+,33?,34?,35?,38?,39?,40?,41-,46?,49?/m1/s1. The van der Waals surface area contributed by atoms with Crippen molar-refractivity contribution in [3.63, 3.8) is 0 Å². The fraction of sp³-hybridized carbons (Fsp3) is 0.571. The number of hydrogen-bond acceptors (Lipinski definition) is 23. The number of aliphatic hydroxyl groups is 7. The molecular weight excluding hydrogens is 1030 g/mol. The number of phenolic OH excluding ortho intramolecular Hbond substituents is 1. The van der Waals surface area contributed by atoms with E-state index in [1.165, 1.54) is 18.2 Å². The summed E-state index contributed by atoms with van der Waals surface area (Å²) in [5.41, 5.74) is 16.7. The van der Waals surface area contributed by atoms with Crippen LogP contribution in [0.1, 0.15) is 55.7 Å². The molecule has 1 saturated heterocycles. The second kappa shape index (κ2) is 28.5. The highest BCUT2D eigenvalue weighted by atomic mass is 16.6. The minimum atomic E-state index is -2.86. The highest BCUT2D eigenvalue weighted by molar-refractivity contribution is 5.97. The second-order valence-corrected chi connectivity index (χ2v) is 19.3. The van der Waals surface area contributed by atoms with Crippen LogP contribution in [0, 0.1) is 6.92 Å². The van der Waals surface area contributed by atoms with Gasteiger partial charge in [0.05, 0.1) is 57.2 Å². The van der Waals surface area contributed by atoms with Crippen molar-refractivity contribution < 1.29 is 79.2 Å². The first-order chi connectivity index (χ1) is 37.1. The molecule has 0 spiro atoms. The fourth-order valence-electron chi connectivity index (χ4n) is 9.21. The van der Waals surface area contributed by atoms with E-state index in [4.69, 9.17) is 21.9 Å². The minimum Gasteiger partial charge on any atom is -0.506 e. The smallest absolute Gasteiger partial charge is 0.246 e. The molecule has 29 heteroatoms. The molecule has 5 rings (SSSR count). The molecule has 1 fully saturated rings. The van der Waals surface area contributed by atoms with E-state index in [0.717, 1.165) is 29.7 Å². The Kier molecular flexibility index (Phi) is 22.6. The van der Waals surface area contributed by atoms with Crippen LogP contribution >= 0.6 is 0 Å². The number of aromatic hydroxyl groups is 1. The van der Waals surface area contributed by atoms with Crippen LogP contribution in [0.5, 0.6) is 5.75 Å². The van der Waals surface area contributed by atoms with Crippen LogP contribution in [0.25, 0.3) is 0 Å². The molecule has 13 atom stereocenters. The van der Waals surface area contributed by atoms with E-state index >= 15 is 0 Å². The highest BCUT2D eigenvalue weighted by Crippen LogP contribution is 2.35. The van der Waals surface area contributed by atoms with Gasteiger partial charge in [0.2, 0.25) is 35.4 Å². The number of nitrogens with one attached hydrogen (secondary N) is 7. The zero-order valence-corrected chi connectivity index (χ0v) is 43.2. The average molecular weight is 1100 g/mol. The molecule has 0 aliphatic carbocycles. The topological polar surface area (TPSA) is 481 Å². The molecule has 78 heavy (non-hydrogen) atoms. The molecule has 3 aliphatic heterocycles. The number of carbonyl (C=O) groups excluding carboxylic acids is 7. The third kappa shape index (κ3) is 15.3. The maximum Gasteiger partial charge on any atom is 0.246 e. The van der Waals surface area contributed by atoms with Crippen LogP contribution in [0.15, 0.2) is 52.4 Å². The van der Waals surface area contributed by atoms with E-state index < -0.39 is 166 Å². The maximum absolute atomic E-state index is 14.6. The number of nitrogens with two attached hydrogens (primary N) is 3. The van der Waals surface area contributed by atoms with Crippen LogP contribution in [0.4, 0.5) is 5.69 Å². The molecule has 6 amide bonds. The molecule has 0 bridgehead atoms. The summed E-state index contributed by atoms with van der Waals surface area (Å²) in [6.45, 7) is -0.785. The van der Waals surface area contributed by atoms with E-state index in [1.54, 1.807) is 24.3 Å². The molecule has 3 aliphatic rings. The third-order valence-electron chi connectivity index (χ3n) is 13.6. The van der Waals surface area contributed by atoms with Gasteiger partial charge in [0.15, 0.2) is 18.1 Å². The molecule has 0 aromatic heterocycles. The first-order valence-corrected chi connectivity index (χ1v) is 25.4. The minimum absolute atomic E-state index is 0.0307. The Morgan fingerprint density at radius 2 is 1.44 bits per heavy atom. The molecule has 0 saturated carbocycles. The van der Waals surface area contributed by atoms with Gasteiger partial charge in [-0.05, 0) is 36.6 Å². The molecule has 3 heterocycles. The monoisotopic (exact) mass is 1100 g/mol. The van der Waals surface area contributed by atoms with Gasteiger partial charge in [0, 0.05) is 19.3 Å². The van der Waals surface area contributed by atoms with E-state index in [9.17, 15) is 74.4 Å². The van der Waals surface area contributed by atoms with Crippen LogP contribution < -0.4 is 54.4 Å². The number of phenols is 1. The number of unbranched alkanes of at least 4 members (excludes halogenated alkanes) is 3. The SMILES string of the molecule is CCCCCCC(=O)Nc1cc(C[C@H](NC(=O)[C@H](Cc2ccc(C)cc2)NC(=O)CN)C(=O)N[C@@H](CO)C(=O)N[C@H](C(=O)N[C@H](C=O)CO)C(O)(C2CN=C(N)N2)C2CN=C(N)N2C2OC(CO)C(O)C(O)C2O)ccc1O. The summed E-state index contributed by atoms with van der Waals surface area (Å²) in [7, 11) is 0. The van der Waals surface area contributed by atoms with Gasteiger partial charge < -0.3 is 110 Å². The lowest BCUT2D eigenvalue weighted by molar-refractivity contribution is -0.264. The highest BCUT2D eigenvalue weighted by Gasteiger charge is 2.61. The molecule has 8 unspecified atom stereocenters. The molecule has 21 N–H and O–H groups in total. The van der Waals surface area contributed by atoms with Crippen molar-refractivity contribution >= 4 is 59.3 Å². The van der Waals surface area contributed by atoms with Crippen molar-refractivity contribution in [3.8, 4) is 5.75 Å². The second-order valence-electron chi connectivity index (χ2n) is 19.3. The van der Waals surface area contributed by atoms with Gasteiger partial charge >= 0.3 is 0 Å². The Labute approximate surface area is 448 Å². The van der Waals surface area contributed by atoms with Gasteiger partial charge in [-0.3, -0.25) is 38.8 Å². The third-order valence-corrected chi connectivity index (χ3v) is 13.6. The summed E-state index contributed by atoms with van der Waals surface area (Å²) in [5, 5.41) is 105. The van der Waals surface area contributed by atoms with Gasteiger partial charge in [0.25, 0.3) is 0 Å². The average Bonchev–Trinajstić information content (AvgIpc) is 4.10. The Bertz CT molecular complexity index is 2490. The number of guanidine groups is 2. The Morgan fingerprint density at radius 1 is 0.795 bits per heavy atom. The number of aliphatic imine (C=N–C) groups is 2. The Hall–Kier alpha value is -7.09. The number of aldehydes is 1. The van der Waals surface area contributed by atoms with Crippen molar-refractivity contribution in [1.82, 2.24) is 36.8 Å². The number of ether oxygens (including phenoxy) is 1. The summed E-state index contributed by atoms with van der Waals surface area (Å²) in [6.07, 6.45) is -6.26. The van der Waals surface area contributed by atoms with E-state index in [2.05, 4.69) is 47.2 Å². The summed E-state index contributed by atoms with van der Waals surface area (Å²) in [5.74, 6) is -7.08. The summed E-state index contributed by atoms with van der Waals surface area (Å²) >= 11 is 0. The van der Waals surface area contributed by atoms with Crippen molar-refractivity contribution in [2.45, 2.75) is 137 Å². The summed E-state index contributed by atoms with van der Waals surface area (Å²) in [4.78, 5) is 105. The van der Waals surface area contributed by atoms with E-state index in [-0.39, 0.29) is 42.1 Å². The van der Waals surface area contributed by atoms with Crippen molar-refractivity contribution in [1.29, 1.82) is 0 Å². The summed E-state index contributed by atoms with van der Waals surface area (Å²) in [6, 6.07) is -1.41. The predicted molar refractivity (Wildman–Crippen MR) is 277 cm³/mol. The normalized spacial score (nSPS) is 23.6. The van der Waals surface area contributed by atoms with Gasteiger partial charge in [0.1, 0.15) is 72.3 Å². The Balaban J connectivity index is 1.53. The van der Waals surface area contributed by atoms with Crippen molar-refractivity contribution in [2.24, 2.45) is 27.2 Å². The first-order valence-electron chi connectivity index (χ1n) is 25.4. The zero-order valence-electron chi connectivity index (χ0n) is 43.2. The van der Waals surface area contributed by atoms with E-state index in [0.29, 0.717) is 12.0 Å². The maximum atomic E-state index is 14.6. The molecular formula is C49H73N13O16. The first kappa shape index (κ1) is 61.8. The molecule has 430 valence electrons. The molecule has 0 radical (unpaired) electrons. The number of rotatable bonds is 28. The van der Waals surface area contributed by atoms with Gasteiger partial charge in [-0.25, -0.2) is 0 Å². The predicted octanol–water partition coefficient (Wildman–Crippen LogP) is -7.22. The number of aliphatic hydroxyl groups excluding tert-OH is 6. The number of anilines is 1. The number of nitrogens with zero attached hydrogens (tertiary/aromatic N) is 3. The number of benzene rings is 2. The number of hydrogen-bond donors (Lipinski definition) is 18. The quantitative estimate of drug-likeness (QED) is 0.0214. The lowest BCUT2D eigenvalue weighted by Crippen LogP contribution is -2.78.